The third kappa shape index (κ3) is 4.42. The topological polar surface area (TPSA) is 104 Å². The minimum absolute atomic E-state index is 0.0154. The molecule has 1 fully saturated rings. The third-order valence-corrected chi connectivity index (χ3v) is 4.93. The van der Waals surface area contributed by atoms with Crippen LogP contribution >= 0.6 is 23.2 Å². The summed E-state index contributed by atoms with van der Waals surface area (Å²) < 4.78 is 10.3. The van der Waals surface area contributed by atoms with Gasteiger partial charge in [-0.3, -0.25) is 9.69 Å². The van der Waals surface area contributed by atoms with E-state index in [1.54, 1.807) is 24.3 Å². The molecule has 10 heteroatoms. The van der Waals surface area contributed by atoms with Crippen LogP contribution in [0.3, 0.4) is 0 Å². The van der Waals surface area contributed by atoms with Crippen molar-refractivity contribution in [1.29, 1.82) is 0 Å². The summed E-state index contributed by atoms with van der Waals surface area (Å²) in [5.41, 5.74) is 0.899. The number of hydrogen-bond acceptors (Lipinski definition) is 5. The molecule has 29 heavy (non-hydrogen) atoms. The fourth-order valence-corrected chi connectivity index (χ4v) is 3.51. The minimum atomic E-state index is -1.38. The highest BCUT2D eigenvalue weighted by Gasteiger charge is 2.36. The van der Waals surface area contributed by atoms with Gasteiger partial charge in [0.25, 0.3) is 5.91 Å². The number of rotatable bonds is 5. The van der Waals surface area contributed by atoms with Gasteiger partial charge in [0.15, 0.2) is 16.4 Å². The number of anilines is 1. The van der Waals surface area contributed by atoms with E-state index in [1.807, 2.05) is 0 Å². The predicted molar refractivity (Wildman–Crippen MR) is 105 cm³/mol. The molecular formula is C19H16Cl2N2O6. The number of nitrogens with zero attached hydrogens (tertiary/aromatic N) is 2. The molecule has 3 rings (SSSR count). The molecule has 1 aromatic heterocycles. The summed E-state index contributed by atoms with van der Waals surface area (Å²) in [6.07, 6.45) is 5.33. The molecule has 1 saturated heterocycles. The van der Waals surface area contributed by atoms with Gasteiger partial charge in [0.05, 0.1) is 12.6 Å². The van der Waals surface area contributed by atoms with Crippen molar-refractivity contribution in [3.8, 4) is 12.3 Å². The first kappa shape index (κ1) is 20.8. The van der Waals surface area contributed by atoms with Gasteiger partial charge in [0, 0.05) is 17.8 Å². The van der Waals surface area contributed by atoms with Crippen molar-refractivity contribution in [2.75, 3.05) is 11.4 Å². The second-order valence-electron chi connectivity index (χ2n) is 6.30. The Morgan fingerprint density at radius 1 is 1.38 bits per heavy atom. The Balaban J connectivity index is 2.01. The van der Waals surface area contributed by atoms with Crippen LogP contribution in [0.5, 0.6) is 0 Å². The van der Waals surface area contributed by atoms with Crippen molar-refractivity contribution < 1.29 is 23.5 Å². The van der Waals surface area contributed by atoms with Crippen LogP contribution in [-0.2, 0) is 11.3 Å². The van der Waals surface area contributed by atoms with Crippen LogP contribution in [0.1, 0.15) is 36.0 Å². The summed E-state index contributed by atoms with van der Waals surface area (Å²) in [6, 6.07) is 5.83. The van der Waals surface area contributed by atoms with Crippen molar-refractivity contribution in [2.24, 2.45) is 0 Å². The van der Waals surface area contributed by atoms with Crippen LogP contribution < -0.4 is 10.7 Å². The van der Waals surface area contributed by atoms with E-state index >= 15 is 0 Å². The number of carboxylic acid groups (broad SMARTS) is 1. The lowest BCUT2D eigenvalue weighted by Gasteiger charge is -2.24. The van der Waals surface area contributed by atoms with Crippen molar-refractivity contribution in [2.45, 2.75) is 30.3 Å². The molecule has 0 aliphatic carbocycles. The average Bonchev–Trinajstić information content (AvgIpc) is 3.31. The van der Waals surface area contributed by atoms with Crippen molar-refractivity contribution in [1.82, 2.24) is 4.90 Å². The van der Waals surface area contributed by atoms with E-state index in [1.165, 1.54) is 4.90 Å². The molecule has 1 aliphatic heterocycles. The molecule has 1 unspecified atom stereocenters. The number of benzene rings is 1. The van der Waals surface area contributed by atoms with Gasteiger partial charge in [-0.15, -0.1) is 6.42 Å². The van der Waals surface area contributed by atoms with Gasteiger partial charge in [-0.1, -0.05) is 35.2 Å². The molecule has 152 valence electrons. The molecular weight excluding hydrogens is 423 g/mol. The molecule has 2 aromatic rings. The minimum Gasteiger partial charge on any atom is -0.465 e. The molecule has 2 heterocycles. The normalized spacial score (nSPS) is 16.1. The second-order valence-corrected chi connectivity index (χ2v) is 7.39. The van der Waals surface area contributed by atoms with Gasteiger partial charge in [-0.05, 0) is 31.0 Å². The number of alkyl halides is 2. The smallest absolute Gasteiger partial charge is 0.465 e. The molecule has 0 bridgehead atoms. The lowest BCUT2D eigenvalue weighted by atomic mass is 10.1. The molecule has 0 radical (unpaired) electrons. The van der Waals surface area contributed by atoms with E-state index in [2.05, 4.69) is 5.92 Å². The maximum atomic E-state index is 12.6. The Hall–Kier alpha value is -2.89. The molecule has 8 nitrogen and oxygen atoms in total. The zero-order valence-electron chi connectivity index (χ0n) is 15.0. The van der Waals surface area contributed by atoms with Crippen LogP contribution in [0.15, 0.2) is 37.9 Å². The van der Waals surface area contributed by atoms with E-state index in [0.717, 1.165) is 4.90 Å². The number of carbonyl (C=O) groups excluding carboxylic acids is 1. The largest absolute Gasteiger partial charge is 0.519 e. The van der Waals surface area contributed by atoms with Crippen LogP contribution in [0.2, 0.25) is 0 Å². The molecule has 1 atom stereocenters. The quantitative estimate of drug-likeness (QED) is 0.566. The third-order valence-electron chi connectivity index (χ3n) is 4.55. The summed E-state index contributed by atoms with van der Waals surface area (Å²) >= 11 is 11.6. The summed E-state index contributed by atoms with van der Waals surface area (Å²) in [5, 5.41) is 9.38. The SMILES string of the molecule is C#Cc1cccc(N(Cc2oc(=O)oc2C2CCCN2C(=O)O)C(=O)C(Cl)Cl)c1. The van der Waals surface area contributed by atoms with Crippen molar-refractivity contribution in [3.63, 3.8) is 0 Å². The summed E-state index contributed by atoms with van der Waals surface area (Å²) in [5.74, 6) is 0.874. The Morgan fingerprint density at radius 2 is 2.14 bits per heavy atom. The fourth-order valence-electron chi connectivity index (χ4n) is 3.27. The average molecular weight is 439 g/mol. The summed E-state index contributed by atoms with van der Waals surface area (Å²) in [7, 11) is 0. The van der Waals surface area contributed by atoms with E-state index in [-0.39, 0.29) is 18.1 Å². The van der Waals surface area contributed by atoms with Gasteiger partial charge in [-0.2, -0.15) is 0 Å². The maximum absolute atomic E-state index is 12.6. The Kier molecular flexibility index (Phi) is 6.20. The van der Waals surface area contributed by atoms with E-state index in [0.29, 0.717) is 30.6 Å². The first-order valence-corrected chi connectivity index (χ1v) is 9.47. The highest BCUT2D eigenvalue weighted by molar-refractivity contribution is 6.54. The summed E-state index contributed by atoms with van der Waals surface area (Å²) in [4.78, 5) is 36.8. The van der Waals surface area contributed by atoms with Gasteiger partial charge in [0.1, 0.15) is 0 Å². The van der Waals surface area contributed by atoms with Crippen molar-refractivity contribution in [3.05, 3.63) is 52.0 Å². The molecule has 1 N–H and O–H groups in total. The van der Waals surface area contributed by atoms with Crippen LogP contribution in [0.25, 0.3) is 0 Å². The number of halogens is 2. The lowest BCUT2D eigenvalue weighted by molar-refractivity contribution is -0.117. The molecule has 1 aromatic carbocycles. The first-order valence-electron chi connectivity index (χ1n) is 8.60. The van der Waals surface area contributed by atoms with Gasteiger partial charge < -0.3 is 18.8 Å². The Bertz CT molecular complexity index is 1020. The number of likely N-dealkylation sites (tertiary alicyclic amines) is 1. The number of terminal acetylenes is 1. The highest BCUT2D eigenvalue weighted by Crippen LogP contribution is 2.34. The summed E-state index contributed by atoms with van der Waals surface area (Å²) in [6.45, 7) is 0.0560. The fraction of sp³-hybridized carbons (Fsp3) is 0.316. The van der Waals surface area contributed by atoms with Gasteiger partial charge in [-0.25, -0.2) is 9.59 Å². The van der Waals surface area contributed by atoms with E-state index < -0.39 is 28.7 Å². The second kappa shape index (κ2) is 8.64. The molecule has 0 saturated carbocycles. The maximum Gasteiger partial charge on any atom is 0.519 e. The number of amides is 2. The Morgan fingerprint density at radius 3 is 2.79 bits per heavy atom. The van der Waals surface area contributed by atoms with Crippen molar-refractivity contribution >= 4 is 40.9 Å². The molecule has 0 spiro atoms. The van der Waals surface area contributed by atoms with Crippen LogP contribution in [0.4, 0.5) is 10.5 Å². The van der Waals surface area contributed by atoms with Gasteiger partial charge in [0.2, 0.25) is 0 Å². The highest BCUT2D eigenvalue weighted by atomic mass is 35.5. The zero-order valence-corrected chi connectivity index (χ0v) is 16.5. The zero-order chi connectivity index (χ0) is 21.1. The standard InChI is InChI=1S/C19H16Cl2N2O6/c1-2-11-5-3-6-12(9-11)23(17(24)16(20)21)10-14-15(29-19(27)28-14)13-7-4-8-22(13)18(25)26/h1,3,5-6,9,13,16H,4,7-8,10H2,(H,25,26). The number of carbonyl (C=O) groups is 2. The van der Waals surface area contributed by atoms with E-state index in [4.69, 9.17) is 38.5 Å². The Labute approximate surface area is 175 Å². The first-order chi connectivity index (χ1) is 13.8. The lowest BCUT2D eigenvalue weighted by Crippen LogP contribution is -2.35. The molecule has 2 amide bonds. The van der Waals surface area contributed by atoms with E-state index in [9.17, 15) is 19.5 Å². The monoisotopic (exact) mass is 438 g/mol. The predicted octanol–water partition coefficient (Wildman–Crippen LogP) is 3.37. The van der Waals surface area contributed by atoms with Gasteiger partial charge >= 0.3 is 11.9 Å². The number of hydrogen-bond donors (Lipinski definition) is 1. The van der Waals surface area contributed by atoms with Crippen LogP contribution in [-0.4, -0.2) is 33.4 Å². The molecule has 1 aliphatic rings. The van der Waals surface area contributed by atoms with Crippen LogP contribution in [0, 0.1) is 12.3 Å².